The first kappa shape index (κ1) is 13.9. The van der Waals surface area contributed by atoms with Crippen LogP contribution in [-0.2, 0) is 4.79 Å². The zero-order chi connectivity index (χ0) is 14.5. The Morgan fingerprint density at radius 1 is 1.50 bits per heavy atom. The summed E-state index contributed by atoms with van der Waals surface area (Å²) in [5, 5.41) is 13.8. The number of non-ortho nitro benzene ring substituents is 1. The van der Waals surface area contributed by atoms with Crippen molar-refractivity contribution in [1.82, 2.24) is 4.98 Å². The van der Waals surface area contributed by atoms with Gasteiger partial charge >= 0.3 is 0 Å². The number of hydrogen-bond donors (Lipinski definition) is 1. The number of thiazole rings is 1. The molecule has 6 nitrogen and oxygen atoms in total. The standard InChI is InChI=1S/C13H11N3O3S/c1-9-8-14-13(20-9)15-12(17)6-5-10-3-2-4-11(7-10)16(18)19/h2-8H,1H3,(H,14,15,17). The molecule has 1 aromatic heterocycles. The van der Waals surface area contributed by atoms with Crippen molar-refractivity contribution in [2.24, 2.45) is 0 Å². The van der Waals surface area contributed by atoms with Gasteiger partial charge in [-0.05, 0) is 18.6 Å². The Morgan fingerprint density at radius 3 is 2.95 bits per heavy atom. The van der Waals surface area contributed by atoms with E-state index >= 15 is 0 Å². The smallest absolute Gasteiger partial charge is 0.270 e. The summed E-state index contributed by atoms with van der Waals surface area (Å²) in [5.41, 5.74) is 0.577. The number of nitrogens with zero attached hydrogens (tertiary/aromatic N) is 2. The minimum Gasteiger partial charge on any atom is -0.298 e. The maximum Gasteiger partial charge on any atom is 0.270 e. The van der Waals surface area contributed by atoms with Crippen LogP contribution in [0.4, 0.5) is 10.8 Å². The Morgan fingerprint density at radius 2 is 2.30 bits per heavy atom. The maximum atomic E-state index is 11.6. The average Bonchev–Trinajstić information content (AvgIpc) is 2.82. The molecule has 1 N–H and O–H groups in total. The van der Waals surface area contributed by atoms with Gasteiger partial charge in [0.2, 0.25) is 5.91 Å². The second-order valence-corrected chi connectivity index (χ2v) is 5.19. The van der Waals surface area contributed by atoms with E-state index in [1.54, 1.807) is 18.3 Å². The lowest BCUT2D eigenvalue weighted by atomic mass is 10.2. The highest BCUT2D eigenvalue weighted by Gasteiger charge is 2.05. The fourth-order valence-corrected chi connectivity index (χ4v) is 2.14. The Labute approximate surface area is 118 Å². The van der Waals surface area contributed by atoms with Crippen molar-refractivity contribution in [3.8, 4) is 0 Å². The van der Waals surface area contributed by atoms with Gasteiger partial charge < -0.3 is 0 Å². The van der Waals surface area contributed by atoms with Crippen LogP contribution in [0, 0.1) is 17.0 Å². The number of amides is 1. The Balaban J connectivity index is 2.03. The van der Waals surface area contributed by atoms with Crippen LogP contribution in [0.2, 0.25) is 0 Å². The molecule has 1 aromatic carbocycles. The van der Waals surface area contributed by atoms with Gasteiger partial charge in [-0.3, -0.25) is 20.2 Å². The number of hydrogen-bond acceptors (Lipinski definition) is 5. The van der Waals surface area contributed by atoms with Crippen molar-refractivity contribution in [3.63, 3.8) is 0 Å². The van der Waals surface area contributed by atoms with Gasteiger partial charge in [-0.1, -0.05) is 12.1 Å². The number of aromatic nitrogens is 1. The van der Waals surface area contributed by atoms with Crippen LogP contribution in [0.1, 0.15) is 10.4 Å². The average molecular weight is 289 g/mol. The van der Waals surface area contributed by atoms with Gasteiger partial charge in [0.05, 0.1) is 4.92 Å². The van der Waals surface area contributed by atoms with Gasteiger partial charge in [0.1, 0.15) is 0 Å². The lowest BCUT2D eigenvalue weighted by Crippen LogP contribution is -2.07. The first-order valence-electron chi connectivity index (χ1n) is 5.70. The van der Waals surface area contributed by atoms with Crippen LogP contribution in [0.5, 0.6) is 0 Å². The van der Waals surface area contributed by atoms with E-state index in [9.17, 15) is 14.9 Å². The third-order valence-electron chi connectivity index (χ3n) is 2.36. The van der Waals surface area contributed by atoms with E-state index < -0.39 is 4.92 Å². The molecule has 1 heterocycles. The number of anilines is 1. The maximum absolute atomic E-state index is 11.6. The van der Waals surface area contributed by atoms with Crippen molar-refractivity contribution >= 4 is 34.1 Å². The molecule has 0 saturated heterocycles. The van der Waals surface area contributed by atoms with Crippen molar-refractivity contribution in [2.45, 2.75) is 6.92 Å². The predicted octanol–water partition coefficient (Wildman–Crippen LogP) is 3.01. The molecular weight excluding hydrogens is 278 g/mol. The lowest BCUT2D eigenvalue weighted by Gasteiger charge is -1.96. The highest BCUT2D eigenvalue weighted by Crippen LogP contribution is 2.17. The predicted molar refractivity (Wildman–Crippen MR) is 77.6 cm³/mol. The summed E-state index contributed by atoms with van der Waals surface area (Å²) in [6.45, 7) is 1.90. The van der Waals surface area contributed by atoms with Crippen LogP contribution >= 0.6 is 11.3 Å². The number of nitro benzene ring substituents is 1. The normalized spacial score (nSPS) is 10.7. The third kappa shape index (κ3) is 3.72. The molecule has 0 aliphatic carbocycles. The highest BCUT2D eigenvalue weighted by atomic mass is 32.1. The minimum absolute atomic E-state index is 0.0110. The highest BCUT2D eigenvalue weighted by molar-refractivity contribution is 7.15. The van der Waals surface area contributed by atoms with Crippen molar-refractivity contribution in [1.29, 1.82) is 0 Å². The molecule has 7 heteroatoms. The molecule has 102 valence electrons. The van der Waals surface area contributed by atoms with Crippen molar-refractivity contribution in [2.75, 3.05) is 5.32 Å². The molecule has 2 aromatic rings. The van der Waals surface area contributed by atoms with Crippen LogP contribution in [0.25, 0.3) is 6.08 Å². The molecule has 2 rings (SSSR count). The molecular formula is C13H11N3O3S. The van der Waals surface area contributed by atoms with E-state index in [1.807, 2.05) is 6.92 Å². The summed E-state index contributed by atoms with van der Waals surface area (Å²) in [6, 6.07) is 6.05. The third-order valence-corrected chi connectivity index (χ3v) is 3.19. The van der Waals surface area contributed by atoms with E-state index in [0.29, 0.717) is 10.7 Å². The van der Waals surface area contributed by atoms with Crippen LogP contribution in [0.15, 0.2) is 36.5 Å². The molecule has 0 saturated carbocycles. The number of nitro groups is 1. The number of rotatable bonds is 4. The van der Waals surface area contributed by atoms with Gasteiger partial charge in [-0.2, -0.15) is 0 Å². The fourth-order valence-electron chi connectivity index (χ4n) is 1.47. The molecule has 20 heavy (non-hydrogen) atoms. The molecule has 0 radical (unpaired) electrons. The van der Waals surface area contributed by atoms with Crippen LogP contribution in [0.3, 0.4) is 0 Å². The molecule has 0 aliphatic rings. The first-order valence-corrected chi connectivity index (χ1v) is 6.52. The van der Waals surface area contributed by atoms with Crippen molar-refractivity contribution < 1.29 is 9.72 Å². The molecule has 0 atom stereocenters. The minimum atomic E-state index is -0.476. The summed E-state index contributed by atoms with van der Waals surface area (Å²) in [7, 11) is 0. The number of aryl methyl sites for hydroxylation is 1. The molecule has 0 bridgehead atoms. The van der Waals surface area contributed by atoms with Crippen molar-refractivity contribution in [3.05, 3.63) is 57.1 Å². The molecule has 1 amide bonds. The molecule has 0 fully saturated rings. The van der Waals surface area contributed by atoms with Gasteiger partial charge in [-0.15, -0.1) is 11.3 Å². The van der Waals surface area contributed by atoms with E-state index in [2.05, 4.69) is 10.3 Å². The molecule has 0 aliphatic heterocycles. The summed E-state index contributed by atoms with van der Waals surface area (Å²) in [4.78, 5) is 26.8. The van der Waals surface area contributed by atoms with E-state index in [1.165, 1.54) is 35.6 Å². The summed E-state index contributed by atoms with van der Waals surface area (Å²) in [6.07, 6.45) is 4.50. The topological polar surface area (TPSA) is 85.1 Å². The Bertz CT molecular complexity index is 679. The summed E-state index contributed by atoms with van der Waals surface area (Å²) >= 11 is 1.38. The molecule has 0 unspecified atom stereocenters. The first-order chi connectivity index (χ1) is 9.54. The molecule has 0 spiro atoms. The van der Waals surface area contributed by atoms with Gasteiger partial charge in [-0.25, -0.2) is 4.98 Å². The lowest BCUT2D eigenvalue weighted by molar-refractivity contribution is -0.384. The number of carbonyl (C=O) groups is 1. The zero-order valence-electron chi connectivity index (χ0n) is 10.6. The zero-order valence-corrected chi connectivity index (χ0v) is 11.4. The number of benzene rings is 1. The van der Waals surface area contributed by atoms with Gasteiger partial charge in [0.25, 0.3) is 5.69 Å². The Kier molecular flexibility index (Phi) is 4.21. The van der Waals surface area contributed by atoms with Crippen LogP contribution in [-0.4, -0.2) is 15.8 Å². The van der Waals surface area contributed by atoms with Gasteiger partial charge in [0, 0.05) is 29.3 Å². The Hall–Kier alpha value is -2.54. The second-order valence-electron chi connectivity index (χ2n) is 3.95. The monoisotopic (exact) mass is 289 g/mol. The van der Waals surface area contributed by atoms with E-state index in [0.717, 1.165) is 4.88 Å². The van der Waals surface area contributed by atoms with E-state index in [4.69, 9.17) is 0 Å². The summed E-state index contributed by atoms with van der Waals surface area (Å²) < 4.78 is 0. The quantitative estimate of drug-likeness (QED) is 0.532. The van der Waals surface area contributed by atoms with Gasteiger partial charge in [0.15, 0.2) is 5.13 Å². The fraction of sp³-hybridized carbons (Fsp3) is 0.0769. The summed E-state index contributed by atoms with van der Waals surface area (Å²) in [5.74, 6) is -0.328. The SMILES string of the molecule is Cc1cnc(NC(=O)C=Cc2cccc([N+](=O)[O-])c2)s1. The van der Waals surface area contributed by atoms with E-state index in [-0.39, 0.29) is 11.6 Å². The largest absolute Gasteiger partial charge is 0.298 e. The van der Waals surface area contributed by atoms with Crippen LogP contribution < -0.4 is 5.32 Å². The number of nitrogens with one attached hydrogen (secondary N) is 1. The second kappa shape index (κ2) is 6.07. The number of carbonyl (C=O) groups excluding carboxylic acids is 1.